The lowest BCUT2D eigenvalue weighted by Gasteiger charge is -2.45. The van der Waals surface area contributed by atoms with Gasteiger partial charge in [-0.15, -0.1) is 6.42 Å². The number of terminal acetylenes is 1. The van der Waals surface area contributed by atoms with Crippen molar-refractivity contribution in [2.24, 2.45) is 0 Å². The first-order valence-corrected chi connectivity index (χ1v) is 11.8. The third-order valence-corrected chi connectivity index (χ3v) is 7.67. The van der Waals surface area contributed by atoms with E-state index in [4.69, 9.17) is 11.2 Å². The van der Waals surface area contributed by atoms with Crippen LogP contribution in [0.4, 0.5) is 15.0 Å². The molecule has 2 aromatic carbocycles. The normalized spacial score (nSPS) is 22.2. The fourth-order valence-electron chi connectivity index (χ4n) is 6.16. The molecule has 3 aliphatic heterocycles. The highest BCUT2D eigenvalue weighted by atomic mass is 19.1. The zero-order chi connectivity index (χ0) is 24.6. The minimum atomic E-state index is -0.927. The number of hydrogen-bond donors (Lipinski definition) is 1. The number of hydrogen-bond acceptors (Lipinski definition) is 6. The van der Waals surface area contributed by atoms with Crippen LogP contribution in [0.3, 0.4) is 0 Å². The van der Waals surface area contributed by atoms with Gasteiger partial charge < -0.3 is 14.7 Å². The molecule has 178 valence electrons. The van der Waals surface area contributed by atoms with Crippen LogP contribution in [0.25, 0.3) is 32.9 Å². The third-order valence-electron chi connectivity index (χ3n) is 7.67. The van der Waals surface area contributed by atoms with E-state index >= 15 is 4.39 Å². The molecule has 9 heteroatoms. The molecule has 0 saturated carbocycles. The Morgan fingerprint density at radius 3 is 2.78 bits per heavy atom. The van der Waals surface area contributed by atoms with Gasteiger partial charge in [-0.25, -0.2) is 24.1 Å². The summed E-state index contributed by atoms with van der Waals surface area (Å²) in [6.45, 7) is 0.663. The Morgan fingerprint density at radius 1 is 1.14 bits per heavy atom. The fraction of sp³-hybridized carbons (Fsp3) is 0.259. The lowest BCUT2D eigenvalue weighted by molar-refractivity contribution is 0.0908. The molecular weight excluding hydrogens is 461 g/mol. The molecule has 2 aromatic heterocycles. The van der Waals surface area contributed by atoms with E-state index in [1.54, 1.807) is 6.07 Å². The van der Waals surface area contributed by atoms with Gasteiger partial charge in [0, 0.05) is 23.1 Å². The number of ether oxygens (including phenoxy) is 1. The molecular formula is C27H20FN5O3. The minimum absolute atomic E-state index is 0.101. The SMILES string of the molecule is C#Cc1cccc2cccc(-c3nc4c5c(ncnc5c3F)N3CC5CCC(C3CO4)N5C(=O)O)c12. The van der Waals surface area contributed by atoms with Crippen molar-refractivity contribution in [3.63, 3.8) is 0 Å². The quantitative estimate of drug-likeness (QED) is 0.410. The van der Waals surface area contributed by atoms with Crippen molar-refractivity contribution in [2.75, 3.05) is 18.1 Å². The van der Waals surface area contributed by atoms with E-state index in [0.29, 0.717) is 28.9 Å². The molecule has 3 unspecified atom stereocenters. The summed E-state index contributed by atoms with van der Waals surface area (Å²) >= 11 is 0. The number of anilines is 1. The summed E-state index contributed by atoms with van der Waals surface area (Å²) in [7, 11) is 0. The van der Waals surface area contributed by atoms with Crippen molar-refractivity contribution in [3.05, 3.63) is 54.1 Å². The van der Waals surface area contributed by atoms with Gasteiger partial charge in [0.05, 0.1) is 18.1 Å². The molecule has 1 amide bonds. The topological polar surface area (TPSA) is 91.7 Å². The van der Waals surface area contributed by atoms with Gasteiger partial charge in [0.15, 0.2) is 5.82 Å². The highest BCUT2D eigenvalue weighted by Gasteiger charge is 2.50. The Labute approximate surface area is 205 Å². The number of benzene rings is 2. The molecule has 5 heterocycles. The number of rotatable bonds is 1. The maximum absolute atomic E-state index is 16.2. The van der Waals surface area contributed by atoms with Crippen LogP contribution in [0.5, 0.6) is 5.88 Å². The van der Waals surface area contributed by atoms with Gasteiger partial charge in [0.2, 0.25) is 5.88 Å². The number of pyridine rings is 1. The van der Waals surface area contributed by atoms with E-state index in [1.165, 1.54) is 11.2 Å². The van der Waals surface area contributed by atoms with Crippen LogP contribution in [-0.4, -0.2) is 62.3 Å². The molecule has 2 saturated heterocycles. The first-order valence-electron chi connectivity index (χ1n) is 11.8. The number of amides is 1. The molecule has 7 rings (SSSR count). The first kappa shape index (κ1) is 20.9. The second-order valence-electron chi connectivity index (χ2n) is 9.37. The molecule has 3 atom stereocenters. The van der Waals surface area contributed by atoms with Crippen LogP contribution >= 0.6 is 0 Å². The monoisotopic (exact) mass is 481 g/mol. The van der Waals surface area contributed by atoms with Gasteiger partial charge in [-0.05, 0) is 24.3 Å². The van der Waals surface area contributed by atoms with E-state index in [9.17, 15) is 9.90 Å². The summed E-state index contributed by atoms with van der Waals surface area (Å²) in [5.74, 6) is 2.88. The lowest BCUT2D eigenvalue weighted by atomic mass is 9.96. The van der Waals surface area contributed by atoms with E-state index in [2.05, 4.69) is 25.8 Å². The summed E-state index contributed by atoms with van der Waals surface area (Å²) in [4.78, 5) is 29.0. The number of carboxylic acid groups (broad SMARTS) is 1. The van der Waals surface area contributed by atoms with Gasteiger partial charge in [-0.3, -0.25) is 4.90 Å². The second kappa shape index (κ2) is 7.52. The molecule has 8 nitrogen and oxygen atoms in total. The largest absolute Gasteiger partial charge is 0.475 e. The van der Waals surface area contributed by atoms with Gasteiger partial charge >= 0.3 is 6.09 Å². The highest BCUT2D eigenvalue weighted by Crippen LogP contribution is 2.44. The van der Waals surface area contributed by atoms with Crippen molar-refractivity contribution in [2.45, 2.75) is 31.0 Å². The van der Waals surface area contributed by atoms with Crippen molar-refractivity contribution in [1.82, 2.24) is 19.9 Å². The predicted octanol–water partition coefficient (Wildman–Crippen LogP) is 4.06. The van der Waals surface area contributed by atoms with E-state index in [0.717, 1.165) is 23.6 Å². The van der Waals surface area contributed by atoms with Crippen molar-refractivity contribution < 1.29 is 19.0 Å². The molecule has 2 fully saturated rings. The van der Waals surface area contributed by atoms with E-state index < -0.39 is 11.9 Å². The molecule has 4 aromatic rings. The minimum Gasteiger partial charge on any atom is -0.475 e. The number of nitrogens with zero attached hydrogens (tertiary/aromatic N) is 5. The first-order chi connectivity index (χ1) is 17.6. The van der Waals surface area contributed by atoms with Crippen LogP contribution in [0, 0.1) is 18.2 Å². The summed E-state index contributed by atoms with van der Waals surface area (Å²) < 4.78 is 22.4. The van der Waals surface area contributed by atoms with Gasteiger partial charge in [-0.1, -0.05) is 36.3 Å². The highest BCUT2D eigenvalue weighted by molar-refractivity contribution is 6.03. The average molecular weight is 481 g/mol. The zero-order valence-electron chi connectivity index (χ0n) is 19.1. The van der Waals surface area contributed by atoms with Crippen molar-refractivity contribution in [3.8, 4) is 29.5 Å². The van der Waals surface area contributed by atoms with Crippen LogP contribution in [0.1, 0.15) is 18.4 Å². The number of fused-ring (bicyclic) bond motifs is 6. The summed E-state index contributed by atoms with van der Waals surface area (Å²) in [6.07, 6.45) is 7.70. The van der Waals surface area contributed by atoms with Crippen LogP contribution < -0.4 is 9.64 Å². The van der Waals surface area contributed by atoms with E-state index in [1.807, 2.05) is 30.3 Å². The summed E-state index contributed by atoms with van der Waals surface area (Å²) in [5, 5.41) is 11.8. The van der Waals surface area contributed by atoms with Crippen molar-refractivity contribution in [1.29, 1.82) is 0 Å². The molecule has 0 spiro atoms. The predicted molar refractivity (Wildman–Crippen MR) is 131 cm³/mol. The van der Waals surface area contributed by atoms with Crippen molar-refractivity contribution >= 4 is 33.6 Å². The van der Waals surface area contributed by atoms with Gasteiger partial charge in [0.1, 0.15) is 35.3 Å². The maximum atomic E-state index is 16.2. The molecule has 0 aliphatic carbocycles. The summed E-state index contributed by atoms with van der Waals surface area (Å²) in [5.41, 5.74) is 1.41. The molecule has 3 aliphatic rings. The Balaban J connectivity index is 1.44. The lowest BCUT2D eigenvalue weighted by Crippen LogP contribution is -2.62. The smallest absolute Gasteiger partial charge is 0.407 e. The average Bonchev–Trinajstić information content (AvgIpc) is 3.14. The Hall–Kier alpha value is -4.45. The van der Waals surface area contributed by atoms with Crippen LogP contribution in [0.15, 0.2) is 42.7 Å². The van der Waals surface area contributed by atoms with Gasteiger partial charge in [-0.2, -0.15) is 0 Å². The third kappa shape index (κ3) is 2.75. The van der Waals surface area contributed by atoms with Gasteiger partial charge in [0.25, 0.3) is 0 Å². The second-order valence-corrected chi connectivity index (χ2v) is 9.37. The molecule has 0 radical (unpaired) electrons. The maximum Gasteiger partial charge on any atom is 0.407 e. The molecule has 1 N–H and O–H groups in total. The Bertz CT molecular complexity index is 1630. The Kier molecular flexibility index (Phi) is 4.36. The molecule has 36 heavy (non-hydrogen) atoms. The summed E-state index contributed by atoms with van der Waals surface area (Å²) in [6, 6.07) is 10.5. The fourth-order valence-corrected chi connectivity index (χ4v) is 6.16. The Morgan fingerprint density at radius 2 is 1.97 bits per heavy atom. The number of carbonyl (C=O) groups is 1. The van der Waals surface area contributed by atoms with Crippen LogP contribution in [-0.2, 0) is 0 Å². The zero-order valence-corrected chi connectivity index (χ0v) is 19.1. The number of piperazine rings is 1. The number of halogens is 1. The van der Waals surface area contributed by atoms with Crippen LogP contribution in [0.2, 0.25) is 0 Å². The number of aromatic nitrogens is 3. The van der Waals surface area contributed by atoms with E-state index in [-0.39, 0.29) is 41.8 Å². The molecule has 2 bridgehead atoms. The standard InChI is InChI=1S/C27H20FN5O3/c1-2-14-5-3-6-15-7-4-8-17(20(14)15)23-22(28)24-21-25(30-13-29-24)32-11-16-9-10-18(33(16)27(34)35)19(32)12-36-26(21)31-23/h1,3-8,13,16,18-19H,9-12H2,(H,34,35).